The monoisotopic (exact) mass is 631 g/mol. The molecule has 1 aliphatic heterocycles. The Balaban J connectivity index is 0.000000743. The molecule has 3 heterocycles. The number of nitrogens with zero attached hydrogens (tertiary/aromatic N) is 1. The number of aromatic nitrogens is 2. The molecule has 0 spiro atoms. The number of hydrogen-bond acceptors (Lipinski definition) is 7. The number of amides is 3. The van der Waals surface area contributed by atoms with E-state index in [1.54, 1.807) is 13.2 Å². The van der Waals surface area contributed by atoms with E-state index in [4.69, 9.17) is 4.74 Å². The molecule has 4 N–H and O–H groups in total. The molecule has 1 saturated heterocycles. The van der Waals surface area contributed by atoms with Crippen LogP contribution in [0, 0.1) is 11.8 Å². The molecular formula is C34H41N5O5S. The number of carbonyl (C=O) groups excluding carboxylic acids is 4. The molecule has 2 aliphatic rings. The van der Waals surface area contributed by atoms with Crippen LogP contribution in [-0.4, -0.2) is 59.2 Å². The van der Waals surface area contributed by atoms with Crippen molar-refractivity contribution in [2.45, 2.75) is 70.9 Å². The highest BCUT2D eigenvalue weighted by Gasteiger charge is 2.40. The molecule has 3 atom stereocenters. The van der Waals surface area contributed by atoms with Gasteiger partial charge in [-0.15, -0.1) is 11.3 Å². The number of thiazole rings is 1. The first-order chi connectivity index (χ1) is 21.8. The number of methoxy groups -OCH3 is 1. The molecule has 2 aromatic carbocycles. The largest absolute Gasteiger partial charge is 0.496 e. The predicted octanol–water partition coefficient (Wildman–Crippen LogP) is 5.39. The number of Topliss-reactive ketones (excluding diaryl/α,β-unsaturated/α-hetero) is 1. The maximum atomic E-state index is 13.7. The summed E-state index contributed by atoms with van der Waals surface area (Å²) in [6, 6.07) is 12.9. The normalized spacial score (nSPS) is 17.2. The molecule has 1 aliphatic carbocycles. The number of H-pyrrole nitrogens is 1. The second kappa shape index (κ2) is 14.7. The van der Waals surface area contributed by atoms with Gasteiger partial charge >= 0.3 is 0 Å². The van der Waals surface area contributed by atoms with E-state index in [-0.39, 0.29) is 35.0 Å². The van der Waals surface area contributed by atoms with Gasteiger partial charge in [0.1, 0.15) is 17.5 Å². The van der Waals surface area contributed by atoms with Crippen LogP contribution in [0.3, 0.4) is 0 Å². The Morgan fingerprint density at radius 1 is 1.04 bits per heavy atom. The minimum atomic E-state index is -0.947. The Hall–Kier alpha value is -4.25. The first-order valence-corrected chi connectivity index (χ1v) is 16.6. The Kier molecular flexibility index (Phi) is 10.5. The van der Waals surface area contributed by atoms with Gasteiger partial charge in [-0.2, -0.15) is 0 Å². The van der Waals surface area contributed by atoms with E-state index in [1.165, 1.54) is 30.6 Å². The summed E-state index contributed by atoms with van der Waals surface area (Å²) >= 11 is 1.26. The molecule has 0 unspecified atom stereocenters. The van der Waals surface area contributed by atoms with Crippen molar-refractivity contribution >= 4 is 56.0 Å². The standard InChI is InChI=1S/C29H29N5O5S.C5H12/c1-39-22-7-4-6-18-17(22)14-21(31-18)27(37)34-24(15-9-10-15)28(38)32-20(13-16-11-12-30-26(16)36)25(35)29-33-19-5-2-3-8-23(19)40-29;1-3-5-4-2/h2-8,14-16,20,24,31H,9-13H2,1H3,(H,30,36)(H,32,38)(H,34,37);3-5H2,1-2H3/t16-,20-,24-;/m0./s1. The number of hydrogen-bond donors (Lipinski definition) is 4. The number of fused-ring (bicyclic) bond motifs is 2. The number of carbonyl (C=O) groups is 4. The predicted molar refractivity (Wildman–Crippen MR) is 176 cm³/mol. The third-order valence-electron chi connectivity index (χ3n) is 8.28. The van der Waals surface area contributed by atoms with E-state index in [9.17, 15) is 19.2 Å². The number of nitrogens with one attached hydrogen (secondary N) is 4. The fourth-order valence-corrected chi connectivity index (χ4v) is 6.56. The van der Waals surface area contributed by atoms with Gasteiger partial charge in [0.25, 0.3) is 5.91 Å². The fourth-order valence-electron chi connectivity index (χ4n) is 5.60. The lowest BCUT2D eigenvalue weighted by atomic mass is 9.95. The van der Waals surface area contributed by atoms with Crippen LogP contribution in [0.4, 0.5) is 0 Å². The molecule has 10 nitrogen and oxygen atoms in total. The van der Waals surface area contributed by atoms with Crippen LogP contribution in [-0.2, 0) is 9.59 Å². The Morgan fingerprint density at radius 2 is 1.82 bits per heavy atom. The van der Waals surface area contributed by atoms with Crippen molar-refractivity contribution in [3.05, 3.63) is 59.2 Å². The Bertz CT molecular complexity index is 1640. The molecule has 2 aromatic heterocycles. The number of ether oxygens (including phenoxy) is 1. The van der Waals surface area contributed by atoms with Crippen LogP contribution >= 0.6 is 11.3 Å². The fraction of sp³-hybridized carbons (Fsp3) is 0.441. The third kappa shape index (κ3) is 7.70. The maximum Gasteiger partial charge on any atom is 0.268 e. The van der Waals surface area contributed by atoms with Crippen molar-refractivity contribution in [1.29, 1.82) is 0 Å². The zero-order chi connectivity index (χ0) is 31.9. The molecule has 45 heavy (non-hydrogen) atoms. The molecule has 3 amide bonds. The van der Waals surface area contributed by atoms with Gasteiger partial charge in [0.15, 0.2) is 5.01 Å². The second-order valence-electron chi connectivity index (χ2n) is 11.7. The Labute approximate surface area is 266 Å². The van der Waals surface area contributed by atoms with Crippen LogP contribution in [0.25, 0.3) is 21.1 Å². The summed E-state index contributed by atoms with van der Waals surface area (Å²) < 4.78 is 6.26. The van der Waals surface area contributed by atoms with Crippen LogP contribution in [0.5, 0.6) is 5.75 Å². The second-order valence-corrected chi connectivity index (χ2v) is 12.7. The number of benzene rings is 2. The highest BCUT2D eigenvalue weighted by atomic mass is 32.1. The van der Waals surface area contributed by atoms with Crippen LogP contribution in [0.1, 0.15) is 79.1 Å². The van der Waals surface area contributed by atoms with Gasteiger partial charge in [-0.1, -0.05) is 51.3 Å². The highest BCUT2D eigenvalue weighted by Crippen LogP contribution is 2.34. The molecule has 4 aromatic rings. The molecule has 238 valence electrons. The topological polar surface area (TPSA) is 142 Å². The van der Waals surface area contributed by atoms with Gasteiger partial charge in [0.05, 0.1) is 23.4 Å². The lowest BCUT2D eigenvalue weighted by molar-refractivity contribution is -0.125. The highest BCUT2D eigenvalue weighted by molar-refractivity contribution is 7.20. The van der Waals surface area contributed by atoms with Crippen molar-refractivity contribution in [3.63, 3.8) is 0 Å². The molecule has 6 rings (SSSR count). The van der Waals surface area contributed by atoms with Gasteiger partial charge < -0.3 is 25.7 Å². The van der Waals surface area contributed by atoms with Crippen molar-refractivity contribution in [2.24, 2.45) is 11.8 Å². The van der Waals surface area contributed by atoms with Gasteiger partial charge in [-0.3, -0.25) is 19.2 Å². The minimum Gasteiger partial charge on any atom is -0.496 e. The first kappa shape index (κ1) is 32.2. The first-order valence-electron chi connectivity index (χ1n) is 15.8. The Morgan fingerprint density at radius 3 is 2.47 bits per heavy atom. The van der Waals surface area contributed by atoms with Crippen molar-refractivity contribution < 1.29 is 23.9 Å². The van der Waals surface area contributed by atoms with E-state index in [2.05, 4.69) is 39.8 Å². The SMILES string of the molecule is CCCCC.COc1cccc2[nH]c(C(=O)N[C@H](C(=O)N[C@@H](C[C@@H]3CCNC3=O)C(=O)c3nc4ccccc4s3)C3CC3)cc12. The number of para-hydroxylation sites is 1. The average molecular weight is 632 g/mol. The van der Waals surface area contributed by atoms with Crippen molar-refractivity contribution in [2.75, 3.05) is 13.7 Å². The summed E-state index contributed by atoms with van der Waals surface area (Å²) in [7, 11) is 1.57. The van der Waals surface area contributed by atoms with Gasteiger partial charge in [-0.25, -0.2) is 4.98 Å². The zero-order valence-corrected chi connectivity index (χ0v) is 26.8. The zero-order valence-electron chi connectivity index (χ0n) is 26.0. The van der Waals surface area contributed by atoms with Gasteiger partial charge in [-0.05, 0) is 61.9 Å². The van der Waals surface area contributed by atoms with Gasteiger partial charge in [0, 0.05) is 23.4 Å². The number of rotatable bonds is 12. The summed E-state index contributed by atoms with van der Waals surface area (Å²) in [5, 5.41) is 9.60. The average Bonchev–Trinajstić information content (AvgIpc) is 3.42. The maximum absolute atomic E-state index is 13.7. The van der Waals surface area contributed by atoms with E-state index in [0.29, 0.717) is 29.9 Å². The summed E-state index contributed by atoms with van der Waals surface area (Å²) in [5.41, 5.74) is 1.76. The quantitative estimate of drug-likeness (QED) is 0.155. The van der Waals surface area contributed by atoms with Crippen molar-refractivity contribution in [1.82, 2.24) is 25.9 Å². The summed E-state index contributed by atoms with van der Waals surface area (Å²) in [6.45, 7) is 4.96. The summed E-state index contributed by atoms with van der Waals surface area (Å²) in [5.74, 6) is -1.11. The molecule has 1 saturated carbocycles. The smallest absolute Gasteiger partial charge is 0.268 e. The van der Waals surface area contributed by atoms with E-state index >= 15 is 0 Å². The lowest BCUT2D eigenvalue weighted by Crippen LogP contribution is -2.53. The lowest BCUT2D eigenvalue weighted by Gasteiger charge is -2.23. The molecule has 0 bridgehead atoms. The van der Waals surface area contributed by atoms with E-state index in [1.807, 2.05) is 42.5 Å². The molecule has 11 heteroatoms. The molecule has 2 fully saturated rings. The van der Waals surface area contributed by atoms with E-state index < -0.39 is 23.9 Å². The van der Waals surface area contributed by atoms with Crippen LogP contribution in [0.2, 0.25) is 0 Å². The third-order valence-corrected chi connectivity index (χ3v) is 9.33. The van der Waals surface area contributed by atoms with Crippen LogP contribution < -0.4 is 20.7 Å². The number of unbranched alkanes of at least 4 members (excludes halogenated alkanes) is 2. The number of ketones is 1. The summed E-state index contributed by atoms with van der Waals surface area (Å²) in [4.78, 5) is 60.4. The molecule has 0 radical (unpaired) electrons. The van der Waals surface area contributed by atoms with Gasteiger partial charge in [0.2, 0.25) is 17.6 Å². The number of aromatic amines is 1. The van der Waals surface area contributed by atoms with Crippen molar-refractivity contribution in [3.8, 4) is 5.75 Å². The minimum absolute atomic E-state index is 0.0316. The van der Waals surface area contributed by atoms with E-state index in [0.717, 1.165) is 28.4 Å². The summed E-state index contributed by atoms with van der Waals surface area (Å²) in [6.07, 6.45) is 6.41. The van der Waals surface area contributed by atoms with Crippen LogP contribution in [0.15, 0.2) is 48.5 Å². The molecular weight excluding hydrogens is 590 g/mol.